The predicted molar refractivity (Wildman–Crippen MR) is 86.4 cm³/mol. The van der Waals surface area contributed by atoms with Gasteiger partial charge in [0.25, 0.3) is 0 Å². The summed E-state index contributed by atoms with van der Waals surface area (Å²) < 4.78 is 5.09. The largest absolute Gasteiger partial charge is 0.504 e. The molecule has 0 aromatic heterocycles. The SMILES string of the molecule is COc1cc(Cl)cc(CN[C@H](C)c2ccc(Cl)cc2)c1O. The van der Waals surface area contributed by atoms with E-state index in [4.69, 9.17) is 27.9 Å². The van der Waals surface area contributed by atoms with Crippen molar-refractivity contribution in [3.05, 3.63) is 57.6 Å². The van der Waals surface area contributed by atoms with Crippen molar-refractivity contribution in [2.45, 2.75) is 19.5 Å². The maximum atomic E-state index is 10.1. The predicted octanol–water partition coefficient (Wildman–Crippen LogP) is 4.56. The molecule has 0 fully saturated rings. The fourth-order valence-electron chi connectivity index (χ4n) is 2.05. The lowest BCUT2D eigenvalue weighted by Crippen LogP contribution is -2.18. The number of phenolic OH excluding ortho intramolecular Hbond substituents is 1. The van der Waals surface area contributed by atoms with Gasteiger partial charge in [0.1, 0.15) is 0 Å². The molecule has 0 radical (unpaired) electrons. The number of methoxy groups -OCH3 is 1. The lowest BCUT2D eigenvalue weighted by atomic mass is 10.1. The highest BCUT2D eigenvalue weighted by Gasteiger charge is 2.11. The smallest absolute Gasteiger partial charge is 0.162 e. The number of hydrogen-bond donors (Lipinski definition) is 2. The van der Waals surface area contributed by atoms with Gasteiger partial charge in [0.15, 0.2) is 11.5 Å². The molecule has 0 heterocycles. The first kappa shape index (κ1) is 16.0. The van der Waals surface area contributed by atoms with Gasteiger partial charge in [-0.05, 0) is 30.7 Å². The first-order chi connectivity index (χ1) is 10.0. The Kier molecular flexibility index (Phi) is 5.34. The topological polar surface area (TPSA) is 41.5 Å². The van der Waals surface area contributed by atoms with E-state index in [2.05, 4.69) is 5.32 Å². The molecule has 0 amide bonds. The maximum absolute atomic E-state index is 10.1. The molecule has 2 N–H and O–H groups in total. The summed E-state index contributed by atoms with van der Waals surface area (Å²) in [7, 11) is 1.50. The van der Waals surface area contributed by atoms with E-state index in [0.29, 0.717) is 27.9 Å². The quantitative estimate of drug-likeness (QED) is 0.846. The second kappa shape index (κ2) is 7.03. The minimum atomic E-state index is 0.109. The monoisotopic (exact) mass is 325 g/mol. The molecule has 5 heteroatoms. The Morgan fingerprint density at radius 3 is 2.43 bits per heavy atom. The van der Waals surface area contributed by atoms with Crippen molar-refractivity contribution in [3.63, 3.8) is 0 Å². The van der Waals surface area contributed by atoms with Crippen LogP contribution in [0.5, 0.6) is 11.5 Å². The summed E-state index contributed by atoms with van der Waals surface area (Å²) in [5.74, 6) is 0.483. The zero-order chi connectivity index (χ0) is 15.4. The van der Waals surface area contributed by atoms with Crippen molar-refractivity contribution in [1.82, 2.24) is 5.32 Å². The second-order valence-electron chi connectivity index (χ2n) is 4.77. The Bertz CT molecular complexity index is 614. The van der Waals surface area contributed by atoms with Crippen molar-refractivity contribution in [3.8, 4) is 11.5 Å². The number of nitrogens with one attached hydrogen (secondary N) is 1. The lowest BCUT2D eigenvalue weighted by molar-refractivity contribution is 0.369. The van der Waals surface area contributed by atoms with Crippen LogP contribution in [0, 0.1) is 0 Å². The molecule has 0 aliphatic heterocycles. The van der Waals surface area contributed by atoms with E-state index in [0.717, 1.165) is 5.56 Å². The number of ether oxygens (including phenoxy) is 1. The van der Waals surface area contributed by atoms with Gasteiger partial charge >= 0.3 is 0 Å². The number of aromatic hydroxyl groups is 1. The highest BCUT2D eigenvalue weighted by molar-refractivity contribution is 6.31. The van der Waals surface area contributed by atoms with E-state index in [9.17, 15) is 5.11 Å². The van der Waals surface area contributed by atoms with Gasteiger partial charge in [-0.3, -0.25) is 0 Å². The Morgan fingerprint density at radius 2 is 1.81 bits per heavy atom. The molecular formula is C16H17Cl2NO2. The fraction of sp³-hybridized carbons (Fsp3) is 0.250. The third kappa shape index (κ3) is 4.03. The van der Waals surface area contributed by atoms with Gasteiger partial charge in [-0.25, -0.2) is 0 Å². The van der Waals surface area contributed by atoms with Crippen molar-refractivity contribution < 1.29 is 9.84 Å². The molecule has 112 valence electrons. The first-order valence-corrected chi connectivity index (χ1v) is 7.31. The number of rotatable bonds is 5. The molecule has 0 aliphatic rings. The second-order valence-corrected chi connectivity index (χ2v) is 5.64. The molecule has 2 aromatic rings. The fourth-order valence-corrected chi connectivity index (χ4v) is 2.41. The summed E-state index contributed by atoms with van der Waals surface area (Å²) in [5, 5.41) is 14.7. The van der Waals surface area contributed by atoms with Crippen LogP contribution in [0.4, 0.5) is 0 Å². The van der Waals surface area contributed by atoms with E-state index in [1.54, 1.807) is 12.1 Å². The van der Waals surface area contributed by atoms with Gasteiger partial charge in [-0.1, -0.05) is 35.3 Å². The van der Waals surface area contributed by atoms with Gasteiger partial charge in [0, 0.05) is 34.3 Å². The average molecular weight is 326 g/mol. The summed E-state index contributed by atoms with van der Waals surface area (Å²) in [6, 6.07) is 11.1. The third-order valence-electron chi connectivity index (χ3n) is 3.31. The molecule has 0 saturated heterocycles. The van der Waals surface area contributed by atoms with Crippen LogP contribution in [0.2, 0.25) is 10.0 Å². The third-order valence-corrected chi connectivity index (χ3v) is 3.78. The maximum Gasteiger partial charge on any atom is 0.162 e. The van der Waals surface area contributed by atoms with Crippen molar-refractivity contribution in [2.24, 2.45) is 0 Å². The zero-order valence-electron chi connectivity index (χ0n) is 11.9. The summed E-state index contributed by atoms with van der Waals surface area (Å²) in [6.45, 7) is 2.52. The van der Waals surface area contributed by atoms with E-state index in [1.807, 2.05) is 31.2 Å². The van der Waals surface area contributed by atoms with E-state index in [-0.39, 0.29) is 11.8 Å². The van der Waals surface area contributed by atoms with Gasteiger partial charge in [0.2, 0.25) is 0 Å². The lowest BCUT2D eigenvalue weighted by Gasteiger charge is -2.16. The van der Waals surface area contributed by atoms with Gasteiger partial charge in [-0.15, -0.1) is 0 Å². The van der Waals surface area contributed by atoms with Crippen LogP contribution in [0.15, 0.2) is 36.4 Å². The van der Waals surface area contributed by atoms with Crippen molar-refractivity contribution in [1.29, 1.82) is 0 Å². The van der Waals surface area contributed by atoms with E-state index < -0.39 is 0 Å². The molecule has 2 rings (SSSR count). The van der Waals surface area contributed by atoms with Crippen LogP contribution in [0.1, 0.15) is 24.1 Å². The Morgan fingerprint density at radius 1 is 1.14 bits per heavy atom. The van der Waals surface area contributed by atoms with Crippen molar-refractivity contribution >= 4 is 23.2 Å². The van der Waals surface area contributed by atoms with Crippen LogP contribution < -0.4 is 10.1 Å². The Hall–Kier alpha value is -1.42. The summed E-state index contributed by atoms with van der Waals surface area (Å²) in [4.78, 5) is 0. The Labute approximate surface area is 134 Å². The van der Waals surface area contributed by atoms with Crippen LogP contribution in [0.25, 0.3) is 0 Å². The van der Waals surface area contributed by atoms with E-state index >= 15 is 0 Å². The molecule has 1 atom stereocenters. The van der Waals surface area contributed by atoms with Gasteiger partial charge < -0.3 is 15.2 Å². The molecule has 0 bridgehead atoms. The van der Waals surface area contributed by atoms with Crippen LogP contribution in [-0.4, -0.2) is 12.2 Å². The van der Waals surface area contributed by atoms with Gasteiger partial charge in [-0.2, -0.15) is 0 Å². The summed E-state index contributed by atoms with van der Waals surface area (Å²) in [5.41, 5.74) is 1.81. The molecule has 0 unspecified atom stereocenters. The minimum absolute atomic E-state index is 0.109. The van der Waals surface area contributed by atoms with Gasteiger partial charge in [0.05, 0.1) is 7.11 Å². The average Bonchev–Trinajstić information content (AvgIpc) is 2.48. The number of halogens is 2. The highest BCUT2D eigenvalue weighted by atomic mass is 35.5. The molecule has 2 aromatic carbocycles. The normalized spacial score (nSPS) is 12.2. The Balaban J connectivity index is 2.09. The number of phenols is 1. The van der Waals surface area contributed by atoms with Crippen LogP contribution in [-0.2, 0) is 6.54 Å². The summed E-state index contributed by atoms with van der Waals surface area (Å²) >= 11 is 11.9. The minimum Gasteiger partial charge on any atom is -0.504 e. The standard InChI is InChI=1S/C16H17Cl2NO2/c1-10(11-3-5-13(17)6-4-11)19-9-12-7-14(18)8-15(21-2)16(12)20/h3-8,10,19-20H,9H2,1-2H3/t10-/m1/s1. The molecule has 3 nitrogen and oxygen atoms in total. The number of benzene rings is 2. The zero-order valence-corrected chi connectivity index (χ0v) is 13.4. The molecule has 0 saturated carbocycles. The van der Waals surface area contributed by atoms with Crippen molar-refractivity contribution in [2.75, 3.05) is 7.11 Å². The molecular weight excluding hydrogens is 309 g/mol. The first-order valence-electron chi connectivity index (χ1n) is 6.55. The molecule has 21 heavy (non-hydrogen) atoms. The van der Waals surface area contributed by atoms with Crippen LogP contribution in [0.3, 0.4) is 0 Å². The molecule has 0 aliphatic carbocycles. The van der Waals surface area contributed by atoms with Crippen LogP contribution >= 0.6 is 23.2 Å². The summed E-state index contributed by atoms with van der Waals surface area (Å²) in [6.07, 6.45) is 0. The molecule has 0 spiro atoms. The van der Waals surface area contributed by atoms with E-state index in [1.165, 1.54) is 7.11 Å². The highest BCUT2D eigenvalue weighted by Crippen LogP contribution is 2.33. The number of hydrogen-bond acceptors (Lipinski definition) is 3.